The number of aliphatic hydroxyl groups is 1. The van der Waals surface area contributed by atoms with E-state index in [0.29, 0.717) is 12.1 Å². The summed E-state index contributed by atoms with van der Waals surface area (Å²) in [5.74, 6) is -0.474. The topological polar surface area (TPSA) is 37.2 Å². The average Bonchev–Trinajstić information content (AvgIpc) is 2.80. The summed E-state index contributed by atoms with van der Waals surface area (Å²) in [6.45, 7) is 0.491. The van der Waals surface area contributed by atoms with Gasteiger partial charge in [-0.2, -0.15) is 0 Å². The molecule has 1 atom stereocenters. The minimum atomic E-state index is -0.474. The summed E-state index contributed by atoms with van der Waals surface area (Å²) in [5.41, 5.74) is 1.77. The number of hydrogen-bond acceptors (Lipinski definition) is 2. The van der Waals surface area contributed by atoms with E-state index in [1.54, 1.807) is 6.07 Å². The number of aryl methyl sites for hydroxylation is 1. The zero-order valence-corrected chi connectivity index (χ0v) is 11.4. The van der Waals surface area contributed by atoms with Crippen molar-refractivity contribution in [2.24, 2.45) is 7.05 Å². The highest BCUT2D eigenvalue weighted by atomic mass is 35.5. The SMILES string of the molecule is Cn1cccc1CNC(CO)c1ccc(Cl)c(F)c1. The third kappa shape index (κ3) is 3.35. The van der Waals surface area contributed by atoms with Gasteiger partial charge in [0.15, 0.2) is 0 Å². The zero-order valence-electron chi connectivity index (χ0n) is 10.6. The Bertz CT molecular complexity index is 556. The van der Waals surface area contributed by atoms with E-state index in [0.717, 1.165) is 5.69 Å². The standard InChI is InChI=1S/C14H16ClFN2O/c1-18-6-2-3-11(18)8-17-14(9-19)10-4-5-12(15)13(16)7-10/h2-7,14,17,19H,8-9H2,1H3. The van der Waals surface area contributed by atoms with E-state index < -0.39 is 5.82 Å². The minimum Gasteiger partial charge on any atom is -0.394 e. The third-order valence-electron chi connectivity index (χ3n) is 3.11. The highest BCUT2D eigenvalue weighted by Gasteiger charge is 2.12. The summed E-state index contributed by atoms with van der Waals surface area (Å²) in [6, 6.07) is 8.18. The first-order valence-corrected chi connectivity index (χ1v) is 6.39. The lowest BCUT2D eigenvalue weighted by Gasteiger charge is -2.17. The van der Waals surface area contributed by atoms with E-state index >= 15 is 0 Å². The van der Waals surface area contributed by atoms with Crippen molar-refractivity contribution < 1.29 is 9.50 Å². The van der Waals surface area contributed by atoms with Gasteiger partial charge in [-0.1, -0.05) is 17.7 Å². The maximum absolute atomic E-state index is 13.4. The molecule has 1 aromatic carbocycles. The fraction of sp³-hybridized carbons (Fsp3) is 0.286. The molecule has 1 unspecified atom stereocenters. The van der Waals surface area contributed by atoms with E-state index in [1.165, 1.54) is 12.1 Å². The molecule has 0 aliphatic carbocycles. The molecule has 1 aromatic heterocycles. The molecule has 2 N–H and O–H groups in total. The van der Waals surface area contributed by atoms with Crippen LogP contribution in [0.25, 0.3) is 0 Å². The molecule has 0 saturated carbocycles. The van der Waals surface area contributed by atoms with Gasteiger partial charge in [-0.05, 0) is 29.8 Å². The largest absolute Gasteiger partial charge is 0.394 e. The molecule has 1 heterocycles. The highest BCUT2D eigenvalue weighted by Crippen LogP contribution is 2.20. The van der Waals surface area contributed by atoms with E-state index in [-0.39, 0.29) is 17.7 Å². The van der Waals surface area contributed by atoms with Crippen molar-refractivity contribution in [1.29, 1.82) is 0 Å². The number of nitrogens with one attached hydrogen (secondary N) is 1. The van der Waals surface area contributed by atoms with Gasteiger partial charge in [0.1, 0.15) is 5.82 Å². The smallest absolute Gasteiger partial charge is 0.142 e. The van der Waals surface area contributed by atoms with E-state index in [1.807, 2.05) is 29.9 Å². The van der Waals surface area contributed by atoms with Crippen LogP contribution in [0, 0.1) is 5.82 Å². The van der Waals surface area contributed by atoms with Gasteiger partial charge in [-0.15, -0.1) is 0 Å². The molecule has 3 nitrogen and oxygen atoms in total. The predicted molar refractivity (Wildman–Crippen MR) is 73.5 cm³/mol. The van der Waals surface area contributed by atoms with Crippen LogP contribution < -0.4 is 5.32 Å². The fourth-order valence-electron chi connectivity index (χ4n) is 1.92. The number of hydrogen-bond donors (Lipinski definition) is 2. The second-order valence-electron chi connectivity index (χ2n) is 4.40. The van der Waals surface area contributed by atoms with Gasteiger partial charge in [0, 0.05) is 25.5 Å². The molecule has 2 rings (SSSR count). The van der Waals surface area contributed by atoms with Crippen LogP contribution in [-0.4, -0.2) is 16.3 Å². The van der Waals surface area contributed by atoms with Crippen molar-refractivity contribution in [3.63, 3.8) is 0 Å². The monoisotopic (exact) mass is 282 g/mol. The van der Waals surface area contributed by atoms with Crippen LogP contribution >= 0.6 is 11.6 Å². The van der Waals surface area contributed by atoms with Crippen LogP contribution in [0.1, 0.15) is 17.3 Å². The summed E-state index contributed by atoms with van der Waals surface area (Å²) in [6.07, 6.45) is 1.95. The third-order valence-corrected chi connectivity index (χ3v) is 3.42. The molecule has 19 heavy (non-hydrogen) atoms. The molecule has 0 spiro atoms. The van der Waals surface area contributed by atoms with Crippen molar-refractivity contribution in [2.75, 3.05) is 6.61 Å². The zero-order chi connectivity index (χ0) is 13.8. The number of aliphatic hydroxyl groups excluding tert-OH is 1. The van der Waals surface area contributed by atoms with Crippen LogP contribution in [0.3, 0.4) is 0 Å². The quantitative estimate of drug-likeness (QED) is 0.885. The normalized spacial score (nSPS) is 12.6. The Kier molecular flexibility index (Phi) is 4.58. The summed E-state index contributed by atoms with van der Waals surface area (Å²) in [4.78, 5) is 0. The molecule has 102 valence electrons. The lowest BCUT2D eigenvalue weighted by molar-refractivity contribution is 0.242. The second kappa shape index (κ2) is 6.19. The minimum absolute atomic E-state index is 0.0860. The molecule has 0 aliphatic heterocycles. The first-order valence-electron chi connectivity index (χ1n) is 6.01. The number of rotatable bonds is 5. The van der Waals surface area contributed by atoms with Gasteiger partial charge in [0.2, 0.25) is 0 Å². The second-order valence-corrected chi connectivity index (χ2v) is 4.81. The van der Waals surface area contributed by atoms with Crippen molar-refractivity contribution >= 4 is 11.6 Å². The molecule has 0 fully saturated rings. The lowest BCUT2D eigenvalue weighted by Crippen LogP contribution is -2.25. The van der Waals surface area contributed by atoms with Crippen molar-refractivity contribution in [1.82, 2.24) is 9.88 Å². The molecule has 2 aromatic rings. The Morgan fingerprint density at radius 1 is 1.42 bits per heavy atom. The first kappa shape index (κ1) is 14.1. The summed E-state index contributed by atoms with van der Waals surface area (Å²) >= 11 is 5.65. The molecule has 5 heteroatoms. The highest BCUT2D eigenvalue weighted by molar-refractivity contribution is 6.30. The van der Waals surface area contributed by atoms with Gasteiger partial charge < -0.3 is 15.0 Å². The van der Waals surface area contributed by atoms with Crippen LogP contribution in [0.4, 0.5) is 4.39 Å². The molecule has 0 radical (unpaired) electrons. The van der Waals surface area contributed by atoms with E-state index in [9.17, 15) is 9.50 Å². The van der Waals surface area contributed by atoms with Gasteiger partial charge >= 0.3 is 0 Å². The molecule has 0 aliphatic rings. The number of halogens is 2. The predicted octanol–water partition coefficient (Wildman–Crippen LogP) is 2.64. The molecular weight excluding hydrogens is 267 g/mol. The Morgan fingerprint density at radius 3 is 2.79 bits per heavy atom. The molecule has 0 bridgehead atoms. The summed E-state index contributed by atoms with van der Waals surface area (Å²) in [5, 5.41) is 12.7. The van der Waals surface area contributed by atoms with Crippen molar-refractivity contribution in [2.45, 2.75) is 12.6 Å². The Balaban J connectivity index is 2.07. The Hall–Kier alpha value is -1.36. The van der Waals surface area contributed by atoms with E-state index in [4.69, 9.17) is 11.6 Å². The molecular formula is C14H16ClFN2O. The average molecular weight is 283 g/mol. The van der Waals surface area contributed by atoms with E-state index in [2.05, 4.69) is 5.32 Å². The summed E-state index contributed by atoms with van der Waals surface area (Å²) < 4.78 is 15.4. The Morgan fingerprint density at radius 2 is 2.21 bits per heavy atom. The lowest BCUT2D eigenvalue weighted by atomic mass is 10.1. The Labute approximate surface area is 116 Å². The van der Waals surface area contributed by atoms with Crippen molar-refractivity contribution in [3.8, 4) is 0 Å². The van der Waals surface area contributed by atoms with Crippen LogP contribution in [0.2, 0.25) is 5.02 Å². The number of aromatic nitrogens is 1. The van der Waals surface area contributed by atoms with Gasteiger partial charge in [-0.25, -0.2) is 4.39 Å². The van der Waals surface area contributed by atoms with Gasteiger partial charge in [0.05, 0.1) is 17.7 Å². The van der Waals surface area contributed by atoms with Gasteiger partial charge in [-0.3, -0.25) is 0 Å². The van der Waals surface area contributed by atoms with Crippen LogP contribution in [0.15, 0.2) is 36.5 Å². The fourth-order valence-corrected chi connectivity index (χ4v) is 2.04. The van der Waals surface area contributed by atoms with Crippen molar-refractivity contribution in [3.05, 3.63) is 58.6 Å². The first-order chi connectivity index (χ1) is 9.11. The summed E-state index contributed by atoms with van der Waals surface area (Å²) in [7, 11) is 1.95. The van der Waals surface area contributed by atoms with Crippen LogP contribution in [0.5, 0.6) is 0 Å². The number of benzene rings is 1. The van der Waals surface area contributed by atoms with Gasteiger partial charge in [0.25, 0.3) is 0 Å². The molecule has 0 amide bonds. The molecule has 0 saturated heterocycles. The van der Waals surface area contributed by atoms with Crippen LogP contribution in [-0.2, 0) is 13.6 Å². The number of nitrogens with zero attached hydrogens (tertiary/aromatic N) is 1. The maximum Gasteiger partial charge on any atom is 0.142 e. The maximum atomic E-state index is 13.4.